The first kappa shape index (κ1) is 21.0. The van der Waals surface area contributed by atoms with Crippen LogP contribution in [0.25, 0.3) is 43.8 Å². The van der Waals surface area contributed by atoms with Gasteiger partial charge in [0.15, 0.2) is 11.9 Å². The van der Waals surface area contributed by atoms with Crippen molar-refractivity contribution in [3.8, 4) is 22.3 Å². The van der Waals surface area contributed by atoms with Gasteiger partial charge < -0.3 is 22.9 Å². The molecular weight excluding hydrogens is 420 g/mol. The third-order valence-corrected chi connectivity index (χ3v) is 5.75. The van der Waals surface area contributed by atoms with Gasteiger partial charge in [-0.1, -0.05) is 60.7 Å². The first-order chi connectivity index (χ1) is 16.5. The summed E-state index contributed by atoms with van der Waals surface area (Å²) in [7, 11) is 0. The highest BCUT2D eigenvalue weighted by atomic mass is 15.0. The predicted octanol–water partition coefficient (Wildman–Crippen LogP) is 5.14. The van der Waals surface area contributed by atoms with Gasteiger partial charge in [-0.3, -0.25) is 0 Å². The van der Waals surface area contributed by atoms with E-state index >= 15 is 0 Å². The van der Waals surface area contributed by atoms with Gasteiger partial charge in [0.2, 0.25) is 0 Å². The van der Waals surface area contributed by atoms with Gasteiger partial charge in [-0.15, -0.1) is 0 Å². The molecule has 6 nitrogen and oxygen atoms in total. The molecule has 0 fully saturated rings. The van der Waals surface area contributed by atoms with E-state index in [1.165, 1.54) is 21.5 Å². The zero-order chi connectivity index (χ0) is 23.7. The second-order valence-corrected chi connectivity index (χ2v) is 8.07. The average molecular weight is 445 g/mol. The number of nitrogens with two attached hydrogens (primary N) is 4. The molecule has 0 aliphatic rings. The molecule has 0 saturated carbocycles. The molecule has 0 heterocycles. The fraction of sp³-hybridized carbons (Fsp3) is 0. The molecule has 166 valence electrons. The van der Waals surface area contributed by atoms with Gasteiger partial charge in [0.1, 0.15) is 0 Å². The molecule has 0 saturated heterocycles. The number of fused-ring (bicyclic) bond motifs is 2. The average Bonchev–Trinajstić information content (AvgIpc) is 2.82. The Morgan fingerprint density at radius 2 is 0.882 bits per heavy atom. The monoisotopic (exact) mass is 444 g/mol. The maximum absolute atomic E-state index is 5.50. The van der Waals surface area contributed by atoms with Crippen LogP contribution in [0.4, 0.5) is 11.4 Å². The van der Waals surface area contributed by atoms with Crippen molar-refractivity contribution in [3.63, 3.8) is 0 Å². The van der Waals surface area contributed by atoms with Crippen molar-refractivity contribution < 1.29 is 0 Å². The normalized spacial score (nSPS) is 10.8. The van der Waals surface area contributed by atoms with E-state index in [1.807, 2.05) is 48.5 Å². The highest BCUT2D eigenvalue weighted by molar-refractivity contribution is 6.09. The zero-order valence-electron chi connectivity index (χ0n) is 18.4. The molecule has 0 amide bonds. The van der Waals surface area contributed by atoms with E-state index in [1.54, 1.807) is 0 Å². The Balaban J connectivity index is 1.66. The fourth-order valence-electron chi connectivity index (χ4n) is 4.28. The van der Waals surface area contributed by atoms with Crippen LogP contribution >= 0.6 is 0 Å². The van der Waals surface area contributed by atoms with Gasteiger partial charge in [-0.25, -0.2) is 9.98 Å². The highest BCUT2D eigenvalue weighted by Crippen LogP contribution is 2.36. The van der Waals surface area contributed by atoms with Crippen LogP contribution in [0.2, 0.25) is 0 Å². The molecule has 0 aromatic heterocycles. The molecule has 5 aromatic carbocycles. The Morgan fingerprint density at radius 3 is 1.26 bits per heavy atom. The Bertz CT molecular complexity index is 1440. The smallest absolute Gasteiger partial charge is 0.191 e. The first-order valence-electron chi connectivity index (χ1n) is 10.8. The standard InChI is InChI=1S/C28H24N6/c29-27(30)33-21-11-7-17(8-12-21)23-5-1-3-19-15-20-4-2-6-24(26(20)16-25(19)23)18-9-13-22(14-10-18)34-28(31)32/h1-16H,(H4,29,30,33)(H4,31,32,34). The topological polar surface area (TPSA) is 129 Å². The number of hydrogen-bond donors (Lipinski definition) is 4. The third kappa shape index (κ3) is 4.12. The summed E-state index contributed by atoms with van der Waals surface area (Å²) in [6.07, 6.45) is 0. The number of hydrogen-bond acceptors (Lipinski definition) is 2. The second-order valence-electron chi connectivity index (χ2n) is 8.07. The van der Waals surface area contributed by atoms with Gasteiger partial charge in [-0.05, 0) is 80.2 Å². The van der Waals surface area contributed by atoms with E-state index in [9.17, 15) is 0 Å². The Kier molecular flexibility index (Phi) is 5.32. The van der Waals surface area contributed by atoms with E-state index < -0.39 is 0 Å². The Hall–Kier alpha value is -4.84. The SMILES string of the molecule is NC(N)=Nc1ccc(-c2cccc3cc4cccc(-c5ccc(N=C(N)N)cc5)c4cc23)cc1. The molecule has 0 bridgehead atoms. The summed E-state index contributed by atoms with van der Waals surface area (Å²) in [5.74, 6) is 0.0893. The number of rotatable bonds is 4. The summed E-state index contributed by atoms with van der Waals surface area (Å²) in [6, 6.07) is 33.0. The van der Waals surface area contributed by atoms with Crippen molar-refractivity contribution in [2.45, 2.75) is 0 Å². The lowest BCUT2D eigenvalue weighted by molar-refractivity contribution is 1.42. The van der Waals surface area contributed by atoms with Crippen molar-refractivity contribution in [2.24, 2.45) is 32.9 Å². The van der Waals surface area contributed by atoms with E-state index in [4.69, 9.17) is 22.9 Å². The lowest BCUT2D eigenvalue weighted by atomic mass is 9.92. The summed E-state index contributed by atoms with van der Waals surface area (Å²) in [5.41, 5.74) is 27.9. The lowest BCUT2D eigenvalue weighted by Gasteiger charge is -2.12. The van der Waals surface area contributed by atoms with Gasteiger partial charge >= 0.3 is 0 Å². The van der Waals surface area contributed by atoms with Gasteiger partial charge in [0.25, 0.3) is 0 Å². The molecule has 5 aromatic rings. The Labute approximate surface area is 197 Å². The molecular formula is C28H24N6. The Morgan fingerprint density at radius 1 is 0.471 bits per heavy atom. The predicted molar refractivity (Wildman–Crippen MR) is 143 cm³/mol. The number of benzene rings is 5. The van der Waals surface area contributed by atoms with Crippen LogP contribution in [0.3, 0.4) is 0 Å². The molecule has 8 N–H and O–H groups in total. The summed E-state index contributed by atoms with van der Waals surface area (Å²) >= 11 is 0. The summed E-state index contributed by atoms with van der Waals surface area (Å²) in [6.45, 7) is 0. The minimum Gasteiger partial charge on any atom is -0.370 e. The largest absolute Gasteiger partial charge is 0.370 e. The van der Waals surface area contributed by atoms with Crippen molar-refractivity contribution in [2.75, 3.05) is 0 Å². The number of aliphatic imine (C=N–C) groups is 2. The molecule has 5 rings (SSSR count). The van der Waals surface area contributed by atoms with E-state index in [-0.39, 0.29) is 11.9 Å². The van der Waals surface area contributed by atoms with Crippen molar-refractivity contribution >= 4 is 44.8 Å². The van der Waals surface area contributed by atoms with Crippen molar-refractivity contribution in [1.29, 1.82) is 0 Å². The van der Waals surface area contributed by atoms with Gasteiger partial charge in [-0.2, -0.15) is 0 Å². The molecule has 0 aliphatic carbocycles. The molecule has 0 spiro atoms. The van der Waals surface area contributed by atoms with Crippen LogP contribution < -0.4 is 22.9 Å². The summed E-state index contributed by atoms with van der Waals surface area (Å²) in [5, 5.41) is 4.71. The molecule has 0 radical (unpaired) electrons. The zero-order valence-corrected chi connectivity index (χ0v) is 18.4. The molecule has 6 heteroatoms. The minimum atomic E-state index is 0.0447. The highest BCUT2D eigenvalue weighted by Gasteiger charge is 2.09. The van der Waals surface area contributed by atoms with Crippen LogP contribution in [0.5, 0.6) is 0 Å². The third-order valence-electron chi connectivity index (χ3n) is 5.75. The van der Waals surface area contributed by atoms with Crippen molar-refractivity contribution in [3.05, 3.63) is 97.1 Å². The molecule has 0 unspecified atom stereocenters. The summed E-state index contributed by atoms with van der Waals surface area (Å²) < 4.78 is 0. The molecule has 0 atom stereocenters. The number of nitrogens with zero attached hydrogens (tertiary/aromatic N) is 2. The maximum Gasteiger partial charge on any atom is 0.191 e. The fourth-order valence-corrected chi connectivity index (χ4v) is 4.28. The summed E-state index contributed by atoms with van der Waals surface area (Å²) in [4.78, 5) is 8.23. The molecule has 0 aliphatic heterocycles. The van der Waals surface area contributed by atoms with Crippen LogP contribution in [0, 0.1) is 0 Å². The van der Waals surface area contributed by atoms with Gasteiger partial charge in [0.05, 0.1) is 11.4 Å². The number of guanidine groups is 2. The van der Waals surface area contributed by atoms with E-state index in [2.05, 4.69) is 58.5 Å². The minimum absolute atomic E-state index is 0.0447. The maximum atomic E-state index is 5.50. The van der Waals surface area contributed by atoms with E-state index in [0.717, 1.165) is 33.6 Å². The second kappa shape index (κ2) is 8.60. The van der Waals surface area contributed by atoms with E-state index in [0.29, 0.717) is 0 Å². The van der Waals surface area contributed by atoms with Crippen molar-refractivity contribution in [1.82, 2.24) is 0 Å². The lowest BCUT2D eigenvalue weighted by Crippen LogP contribution is -2.21. The van der Waals surface area contributed by atoms with Crippen LogP contribution in [-0.2, 0) is 0 Å². The molecule has 34 heavy (non-hydrogen) atoms. The van der Waals surface area contributed by atoms with Crippen LogP contribution in [0.1, 0.15) is 0 Å². The van der Waals surface area contributed by atoms with Crippen LogP contribution in [0.15, 0.2) is 107 Å². The van der Waals surface area contributed by atoms with Gasteiger partial charge in [0, 0.05) is 0 Å². The quantitative estimate of drug-likeness (QED) is 0.174. The van der Waals surface area contributed by atoms with Crippen LogP contribution in [-0.4, -0.2) is 11.9 Å². The first-order valence-corrected chi connectivity index (χ1v) is 10.8.